The molecule has 5 heteroatoms. The largest absolute Gasteiger partial charge is 0.319 e. The minimum absolute atomic E-state index is 0.327. The molecule has 92 valence electrons. The Labute approximate surface area is 112 Å². The van der Waals surface area contributed by atoms with E-state index in [1.54, 1.807) is 25.3 Å². The van der Waals surface area contributed by atoms with E-state index in [-0.39, 0.29) is 5.91 Å². The molecule has 1 heterocycles. The molecule has 2 rings (SSSR count). The number of carbonyl (C=O) groups is 1. The summed E-state index contributed by atoms with van der Waals surface area (Å²) in [6.07, 6.45) is 1.54. The minimum Gasteiger partial charge on any atom is -0.319 e. The number of halogens is 2. The lowest BCUT2D eigenvalue weighted by Crippen LogP contribution is -2.15. The van der Waals surface area contributed by atoms with Crippen molar-refractivity contribution in [3.05, 3.63) is 58.1 Å². The van der Waals surface area contributed by atoms with Crippen LogP contribution in [0.25, 0.3) is 0 Å². The Bertz CT molecular complexity index is 601. The number of aryl methyl sites for hydroxylation is 1. The van der Waals surface area contributed by atoms with E-state index in [4.69, 9.17) is 0 Å². The van der Waals surface area contributed by atoms with E-state index in [0.29, 0.717) is 15.9 Å². The smallest absolute Gasteiger partial charge is 0.274 e. The minimum atomic E-state index is -0.411. The van der Waals surface area contributed by atoms with Gasteiger partial charge in [-0.1, -0.05) is 6.07 Å². The number of nitrogens with one attached hydrogen (secondary N) is 1. The van der Waals surface area contributed by atoms with Gasteiger partial charge in [-0.15, -0.1) is 0 Å². The fourth-order valence-corrected chi connectivity index (χ4v) is 1.84. The van der Waals surface area contributed by atoms with Gasteiger partial charge in [0.05, 0.1) is 5.69 Å². The maximum Gasteiger partial charge on any atom is 0.274 e. The third-order valence-corrected chi connectivity index (χ3v) is 3.09. The maximum atomic E-state index is 13.1. The summed E-state index contributed by atoms with van der Waals surface area (Å²) in [6, 6.07) is 7.65. The number of nitrogens with zero attached hydrogens (tertiary/aromatic N) is 1. The maximum absolute atomic E-state index is 13.1. The summed E-state index contributed by atoms with van der Waals surface area (Å²) in [5.74, 6) is -0.773. The van der Waals surface area contributed by atoms with Gasteiger partial charge in [-0.2, -0.15) is 0 Å². The first-order chi connectivity index (χ1) is 8.58. The number of hydrogen-bond donors (Lipinski definition) is 1. The molecule has 0 atom stereocenters. The lowest BCUT2D eigenvalue weighted by molar-refractivity contribution is 0.102. The third-order valence-electron chi connectivity index (χ3n) is 2.40. The molecule has 1 aromatic heterocycles. The monoisotopic (exact) mass is 308 g/mol. The molecule has 0 radical (unpaired) electrons. The molecule has 0 saturated carbocycles. The standard InChI is InChI=1S/C13H10BrFN2O/c1-8-3-2-6-16-12(8)13(18)17-11-7-9(15)4-5-10(11)14/h2-7H,1H3,(H,17,18). The van der Waals surface area contributed by atoms with Gasteiger partial charge >= 0.3 is 0 Å². The Balaban J connectivity index is 2.27. The highest BCUT2D eigenvalue weighted by molar-refractivity contribution is 9.10. The molecular weight excluding hydrogens is 299 g/mol. The van der Waals surface area contributed by atoms with Crippen molar-refractivity contribution >= 4 is 27.5 Å². The van der Waals surface area contributed by atoms with E-state index in [1.165, 1.54) is 18.2 Å². The Kier molecular flexibility index (Phi) is 3.72. The van der Waals surface area contributed by atoms with Crippen molar-refractivity contribution in [2.24, 2.45) is 0 Å². The number of carbonyl (C=O) groups excluding carboxylic acids is 1. The number of rotatable bonds is 2. The van der Waals surface area contributed by atoms with Gasteiger partial charge in [-0.25, -0.2) is 4.39 Å². The van der Waals surface area contributed by atoms with Gasteiger partial charge in [0.15, 0.2) is 0 Å². The van der Waals surface area contributed by atoms with Crippen LogP contribution in [-0.2, 0) is 0 Å². The van der Waals surface area contributed by atoms with Crippen molar-refractivity contribution in [3.8, 4) is 0 Å². The zero-order valence-electron chi connectivity index (χ0n) is 9.58. The highest BCUT2D eigenvalue weighted by Crippen LogP contribution is 2.23. The average Bonchev–Trinajstić information content (AvgIpc) is 2.34. The van der Waals surface area contributed by atoms with E-state index in [1.807, 2.05) is 0 Å². The molecular formula is C13H10BrFN2O. The molecule has 0 fully saturated rings. The topological polar surface area (TPSA) is 42.0 Å². The molecule has 2 aromatic rings. The van der Waals surface area contributed by atoms with Gasteiger partial charge in [0.1, 0.15) is 11.5 Å². The summed E-state index contributed by atoms with van der Waals surface area (Å²) in [7, 11) is 0. The second-order valence-corrected chi connectivity index (χ2v) is 4.60. The summed E-state index contributed by atoms with van der Waals surface area (Å²) >= 11 is 3.25. The number of anilines is 1. The summed E-state index contributed by atoms with van der Waals surface area (Å²) in [5.41, 5.74) is 1.47. The van der Waals surface area contributed by atoms with Gasteiger partial charge in [0.25, 0.3) is 5.91 Å². The Hall–Kier alpha value is -1.75. The van der Waals surface area contributed by atoms with Crippen LogP contribution in [0.1, 0.15) is 16.1 Å². The number of hydrogen-bond acceptors (Lipinski definition) is 2. The Morgan fingerprint density at radius 2 is 2.17 bits per heavy atom. The number of benzene rings is 1. The van der Waals surface area contributed by atoms with Crippen LogP contribution < -0.4 is 5.32 Å². The van der Waals surface area contributed by atoms with Gasteiger partial charge < -0.3 is 5.32 Å². The van der Waals surface area contributed by atoms with Crippen LogP contribution in [0.5, 0.6) is 0 Å². The molecule has 1 N–H and O–H groups in total. The van der Waals surface area contributed by atoms with Crippen molar-refractivity contribution in [2.75, 3.05) is 5.32 Å². The van der Waals surface area contributed by atoms with Crippen LogP contribution in [0.3, 0.4) is 0 Å². The first-order valence-corrected chi connectivity index (χ1v) is 6.05. The summed E-state index contributed by atoms with van der Waals surface area (Å²) in [5, 5.41) is 2.62. The van der Waals surface area contributed by atoms with E-state index in [9.17, 15) is 9.18 Å². The van der Waals surface area contributed by atoms with E-state index >= 15 is 0 Å². The molecule has 0 spiro atoms. The predicted molar refractivity (Wildman–Crippen MR) is 71.0 cm³/mol. The van der Waals surface area contributed by atoms with Gasteiger partial charge in [0, 0.05) is 10.7 Å². The van der Waals surface area contributed by atoms with Crippen LogP contribution in [0, 0.1) is 12.7 Å². The first kappa shape index (κ1) is 12.7. The van der Waals surface area contributed by atoms with Gasteiger partial charge in [0.2, 0.25) is 0 Å². The van der Waals surface area contributed by atoms with Gasteiger partial charge in [-0.05, 0) is 52.7 Å². The van der Waals surface area contributed by atoms with Crippen LogP contribution in [0.15, 0.2) is 41.0 Å². The van der Waals surface area contributed by atoms with Crippen LogP contribution in [0.2, 0.25) is 0 Å². The van der Waals surface area contributed by atoms with E-state index < -0.39 is 5.82 Å². The van der Waals surface area contributed by atoms with Crippen molar-refractivity contribution in [1.29, 1.82) is 0 Å². The van der Waals surface area contributed by atoms with Crippen molar-refractivity contribution < 1.29 is 9.18 Å². The molecule has 0 aliphatic rings. The molecule has 1 amide bonds. The average molecular weight is 309 g/mol. The highest BCUT2D eigenvalue weighted by Gasteiger charge is 2.12. The van der Waals surface area contributed by atoms with E-state index in [0.717, 1.165) is 5.56 Å². The van der Waals surface area contributed by atoms with E-state index in [2.05, 4.69) is 26.2 Å². The predicted octanol–water partition coefficient (Wildman–Crippen LogP) is 3.54. The highest BCUT2D eigenvalue weighted by atomic mass is 79.9. The molecule has 0 aliphatic heterocycles. The normalized spacial score (nSPS) is 10.2. The Morgan fingerprint density at radius 1 is 1.39 bits per heavy atom. The molecule has 1 aromatic carbocycles. The molecule has 0 saturated heterocycles. The molecule has 0 aliphatic carbocycles. The lowest BCUT2D eigenvalue weighted by atomic mass is 10.2. The molecule has 0 unspecified atom stereocenters. The quantitative estimate of drug-likeness (QED) is 0.922. The SMILES string of the molecule is Cc1cccnc1C(=O)Nc1cc(F)ccc1Br. The lowest BCUT2D eigenvalue weighted by Gasteiger charge is -2.08. The van der Waals surface area contributed by atoms with Crippen molar-refractivity contribution in [3.63, 3.8) is 0 Å². The summed E-state index contributed by atoms with van der Waals surface area (Å²) in [6.45, 7) is 1.79. The van der Waals surface area contributed by atoms with Crippen LogP contribution in [0.4, 0.5) is 10.1 Å². The molecule has 18 heavy (non-hydrogen) atoms. The van der Waals surface area contributed by atoms with Gasteiger partial charge in [-0.3, -0.25) is 9.78 Å². The van der Waals surface area contributed by atoms with Crippen molar-refractivity contribution in [2.45, 2.75) is 6.92 Å². The zero-order valence-corrected chi connectivity index (χ0v) is 11.2. The summed E-state index contributed by atoms with van der Waals surface area (Å²) < 4.78 is 13.7. The number of amides is 1. The second-order valence-electron chi connectivity index (χ2n) is 3.75. The molecule has 0 bridgehead atoms. The summed E-state index contributed by atoms with van der Waals surface area (Å²) in [4.78, 5) is 16.0. The van der Waals surface area contributed by atoms with Crippen LogP contribution >= 0.6 is 15.9 Å². The fraction of sp³-hybridized carbons (Fsp3) is 0.0769. The Morgan fingerprint density at radius 3 is 2.89 bits per heavy atom. The third kappa shape index (κ3) is 2.73. The zero-order chi connectivity index (χ0) is 13.1. The fourth-order valence-electron chi connectivity index (χ4n) is 1.50. The molecule has 3 nitrogen and oxygen atoms in total. The number of pyridine rings is 1. The van der Waals surface area contributed by atoms with Crippen LogP contribution in [-0.4, -0.2) is 10.9 Å². The van der Waals surface area contributed by atoms with Crippen molar-refractivity contribution in [1.82, 2.24) is 4.98 Å². The first-order valence-electron chi connectivity index (χ1n) is 5.26. The number of aromatic nitrogens is 1. The second kappa shape index (κ2) is 5.27.